The van der Waals surface area contributed by atoms with Crippen molar-refractivity contribution in [1.82, 2.24) is 0 Å². The van der Waals surface area contributed by atoms with Gasteiger partial charge in [-0.25, -0.2) is 0 Å². The van der Waals surface area contributed by atoms with Crippen molar-refractivity contribution in [2.45, 2.75) is 6.18 Å². The first-order chi connectivity index (χ1) is 6.32. The molecule has 1 rings (SSSR count). The van der Waals surface area contributed by atoms with Crippen molar-refractivity contribution in [3.8, 4) is 0 Å². The maximum Gasteiger partial charge on any atom is 0.418 e. The monoisotopic (exact) mass is 204 g/mol. The predicted molar refractivity (Wildman–Crippen MR) is 44.4 cm³/mol. The molecule has 0 spiro atoms. The molecule has 0 aliphatic heterocycles. The van der Waals surface area contributed by atoms with Gasteiger partial charge in [0.15, 0.2) is 0 Å². The van der Waals surface area contributed by atoms with Crippen LogP contribution in [0.4, 0.5) is 18.9 Å². The maximum absolute atomic E-state index is 12.3. The van der Waals surface area contributed by atoms with Crippen molar-refractivity contribution in [3.05, 3.63) is 29.3 Å². The molecular weight excluding hydrogens is 197 g/mol. The zero-order valence-electron chi connectivity index (χ0n) is 6.93. The van der Waals surface area contributed by atoms with Crippen LogP contribution in [-0.4, -0.2) is 5.91 Å². The number of halogens is 3. The molecule has 0 aliphatic rings. The third kappa shape index (κ3) is 1.95. The molecule has 0 atom stereocenters. The number of nitrogen functional groups attached to an aromatic ring is 1. The van der Waals surface area contributed by atoms with Crippen LogP contribution in [0.1, 0.15) is 15.9 Å². The summed E-state index contributed by atoms with van der Waals surface area (Å²) in [5.74, 6) is -0.921. The fourth-order valence-corrected chi connectivity index (χ4v) is 0.955. The van der Waals surface area contributed by atoms with E-state index in [0.717, 1.165) is 12.1 Å². The number of hydrogen-bond donors (Lipinski definition) is 2. The lowest BCUT2D eigenvalue weighted by Crippen LogP contribution is -2.15. The maximum atomic E-state index is 12.3. The summed E-state index contributed by atoms with van der Waals surface area (Å²) >= 11 is 0. The highest BCUT2D eigenvalue weighted by Crippen LogP contribution is 2.33. The number of hydrogen-bond acceptors (Lipinski definition) is 2. The largest absolute Gasteiger partial charge is 0.418 e. The number of anilines is 1. The lowest BCUT2D eigenvalue weighted by molar-refractivity contribution is -0.136. The number of carbonyl (C=O) groups is 1. The first-order valence-corrected chi connectivity index (χ1v) is 3.59. The standard InChI is InChI=1S/C8H7F3N2O/c9-8(10,11)5-3-4(7(13)14)1-2-6(5)12/h1-3H,12H2,(H2,13,14). The lowest BCUT2D eigenvalue weighted by atomic mass is 10.1. The molecule has 1 aromatic rings. The summed E-state index contributed by atoms with van der Waals surface area (Å²) in [5.41, 5.74) is 8.24. The van der Waals surface area contributed by atoms with Crippen LogP contribution in [0.25, 0.3) is 0 Å². The molecular formula is C8H7F3N2O. The van der Waals surface area contributed by atoms with Crippen LogP contribution in [0, 0.1) is 0 Å². The van der Waals surface area contributed by atoms with Crippen molar-refractivity contribution in [2.75, 3.05) is 5.73 Å². The Morgan fingerprint density at radius 1 is 1.29 bits per heavy atom. The topological polar surface area (TPSA) is 69.1 Å². The van der Waals surface area contributed by atoms with Crippen molar-refractivity contribution in [1.29, 1.82) is 0 Å². The molecule has 0 saturated heterocycles. The second-order valence-electron chi connectivity index (χ2n) is 2.66. The number of carbonyl (C=O) groups excluding carboxylic acids is 1. The molecule has 4 N–H and O–H groups in total. The quantitative estimate of drug-likeness (QED) is 0.678. The fourth-order valence-electron chi connectivity index (χ4n) is 0.955. The SMILES string of the molecule is NC(=O)c1ccc(N)c(C(F)(F)F)c1. The Morgan fingerprint density at radius 3 is 2.29 bits per heavy atom. The smallest absolute Gasteiger partial charge is 0.398 e. The van der Waals surface area contributed by atoms with Crippen LogP contribution >= 0.6 is 0 Å². The molecule has 0 unspecified atom stereocenters. The van der Waals surface area contributed by atoms with Gasteiger partial charge in [-0.05, 0) is 18.2 Å². The molecule has 76 valence electrons. The van der Waals surface area contributed by atoms with E-state index in [9.17, 15) is 18.0 Å². The summed E-state index contributed by atoms with van der Waals surface area (Å²) in [5, 5.41) is 0. The Morgan fingerprint density at radius 2 is 1.86 bits per heavy atom. The molecule has 0 aliphatic carbocycles. The fraction of sp³-hybridized carbons (Fsp3) is 0.125. The van der Waals surface area contributed by atoms with Gasteiger partial charge in [-0.3, -0.25) is 4.79 Å². The average molecular weight is 204 g/mol. The third-order valence-corrected chi connectivity index (χ3v) is 1.64. The molecule has 6 heteroatoms. The molecule has 14 heavy (non-hydrogen) atoms. The summed E-state index contributed by atoms with van der Waals surface area (Å²) in [7, 11) is 0. The Balaban J connectivity index is 3.29. The number of benzene rings is 1. The summed E-state index contributed by atoms with van der Waals surface area (Å²) in [6.45, 7) is 0. The third-order valence-electron chi connectivity index (χ3n) is 1.64. The molecule has 0 saturated carbocycles. The first kappa shape index (κ1) is 10.4. The minimum absolute atomic E-state index is 0.216. The number of nitrogens with two attached hydrogens (primary N) is 2. The van der Waals surface area contributed by atoms with Crippen LogP contribution in [0.5, 0.6) is 0 Å². The Bertz CT molecular complexity index is 373. The van der Waals surface area contributed by atoms with Crippen molar-refractivity contribution in [3.63, 3.8) is 0 Å². The van der Waals surface area contributed by atoms with Crippen molar-refractivity contribution < 1.29 is 18.0 Å². The van der Waals surface area contributed by atoms with Crippen LogP contribution in [0.15, 0.2) is 18.2 Å². The number of alkyl halides is 3. The Kier molecular flexibility index (Phi) is 2.37. The highest BCUT2D eigenvalue weighted by atomic mass is 19.4. The summed E-state index contributed by atoms with van der Waals surface area (Å²) in [6.07, 6.45) is -4.57. The lowest BCUT2D eigenvalue weighted by Gasteiger charge is -2.10. The molecule has 0 bridgehead atoms. The zero-order chi connectivity index (χ0) is 10.9. The van der Waals surface area contributed by atoms with Gasteiger partial charge < -0.3 is 11.5 Å². The van der Waals surface area contributed by atoms with E-state index < -0.39 is 23.3 Å². The van der Waals surface area contributed by atoms with Crippen molar-refractivity contribution >= 4 is 11.6 Å². The molecule has 1 aromatic carbocycles. The van der Waals surface area contributed by atoms with Crippen LogP contribution in [-0.2, 0) is 6.18 Å². The van der Waals surface area contributed by atoms with Gasteiger partial charge in [-0.2, -0.15) is 13.2 Å². The van der Waals surface area contributed by atoms with Gasteiger partial charge >= 0.3 is 6.18 Å². The molecule has 3 nitrogen and oxygen atoms in total. The van der Waals surface area contributed by atoms with Gasteiger partial charge in [-0.15, -0.1) is 0 Å². The highest BCUT2D eigenvalue weighted by molar-refractivity contribution is 5.93. The second-order valence-corrected chi connectivity index (χ2v) is 2.66. The minimum atomic E-state index is -4.57. The predicted octanol–water partition coefficient (Wildman–Crippen LogP) is 1.39. The number of amides is 1. The number of primary amides is 1. The molecule has 0 heterocycles. The second kappa shape index (κ2) is 3.21. The van der Waals surface area contributed by atoms with E-state index >= 15 is 0 Å². The van der Waals surface area contributed by atoms with E-state index in [4.69, 9.17) is 11.5 Å². The molecule has 0 fully saturated rings. The van der Waals surface area contributed by atoms with Gasteiger partial charge in [0, 0.05) is 11.3 Å². The van der Waals surface area contributed by atoms with E-state index in [2.05, 4.69) is 0 Å². The Hall–Kier alpha value is -1.72. The number of rotatable bonds is 1. The van der Waals surface area contributed by atoms with E-state index in [0.29, 0.717) is 6.07 Å². The summed E-state index contributed by atoms with van der Waals surface area (Å²) in [6, 6.07) is 2.79. The summed E-state index contributed by atoms with van der Waals surface area (Å²) < 4.78 is 36.8. The van der Waals surface area contributed by atoms with Gasteiger partial charge in [-0.1, -0.05) is 0 Å². The minimum Gasteiger partial charge on any atom is -0.398 e. The van der Waals surface area contributed by atoms with Crippen LogP contribution in [0.3, 0.4) is 0 Å². The van der Waals surface area contributed by atoms with Gasteiger partial charge in [0.2, 0.25) is 5.91 Å². The Labute approximate surface area is 77.5 Å². The van der Waals surface area contributed by atoms with Crippen LogP contribution < -0.4 is 11.5 Å². The zero-order valence-corrected chi connectivity index (χ0v) is 6.93. The molecule has 1 amide bonds. The highest BCUT2D eigenvalue weighted by Gasteiger charge is 2.33. The molecule has 0 aromatic heterocycles. The van der Waals surface area contributed by atoms with Gasteiger partial charge in [0.25, 0.3) is 0 Å². The van der Waals surface area contributed by atoms with E-state index in [1.807, 2.05) is 0 Å². The van der Waals surface area contributed by atoms with Gasteiger partial charge in [0.1, 0.15) is 0 Å². The van der Waals surface area contributed by atoms with Gasteiger partial charge in [0.05, 0.1) is 5.56 Å². The summed E-state index contributed by atoms with van der Waals surface area (Å²) in [4.78, 5) is 10.6. The van der Waals surface area contributed by atoms with Crippen molar-refractivity contribution in [2.24, 2.45) is 5.73 Å². The molecule has 0 radical (unpaired) electrons. The average Bonchev–Trinajstić information content (AvgIpc) is 2.02. The van der Waals surface area contributed by atoms with E-state index in [1.54, 1.807) is 0 Å². The normalized spacial score (nSPS) is 11.4. The van der Waals surface area contributed by atoms with Crippen LogP contribution in [0.2, 0.25) is 0 Å². The first-order valence-electron chi connectivity index (χ1n) is 3.59. The van der Waals surface area contributed by atoms with E-state index in [-0.39, 0.29) is 5.56 Å². The van der Waals surface area contributed by atoms with E-state index in [1.165, 1.54) is 0 Å².